The van der Waals surface area contributed by atoms with E-state index >= 15 is 0 Å². The predicted octanol–water partition coefficient (Wildman–Crippen LogP) is 3.22. The first-order valence-corrected chi connectivity index (χ1v) is 8.69. The Kier molecular flexibility index (Phi) is 6.67. The van der Waals surface area contributed by atoms with Crippen molar-refractivity contribution in [3.05, 3.63) is 21.9 Å². The van der Waals surface area contributed by atoms with E-state index in [0.717, 1.165) is 30.9 Å². The van der Waals surface area contributed by atoms with Crippen LogP contribution < -0.4 is 0 Å². The second-order valence-electron chi connectivity index (χ2n) is 5.48. The molecule has 1 atom stereocenters. The molecule has 118 valence electrons. The molecule has 0 saturated carbocycles. The molecule has 1 saturated heterocycles. The molecular formula is C16H25NO3S. The summed E-state index contributed by atoms with van der Waals surface area (Å²) in [5, 5.41) is 10.3. The van der Waals surface area contributed by atoms with E-state index in [4.69, 9.17) is 4.74 Å². The van der Waals surface area contributed by atoms with Crippen LogP contribution in [0.4, 0.5) is 0 Å². The largest absolute Gasteiger partial charge is 0.462 e. The van der Waals surface area contributed by atoms with E-state index in [1.54, 1.807) is 13.0 Å². The van der Waals surface area contributed by atoms with Crippen LogP contribution in [0.1, 0.15) is 59.7 Å². The Labute approximate surface area is 130 Å². The van der Waals surface area contributed by atoms with Gasteiger partial charge in [0, 0.05) is 11.4 Å². The fourth-order valence-corrected chi connectivity index (χ4v) is 3.57. The smallest absolute Gasteiger partial charge is 0.348 e. The van der Waals surface area contributed by atoms with Gasteiger partial charge in [0.2, 0.25) is 0 Å². The normalized spacial score (nSPS) is 18.2. The number of aliphatic hydroxyl groups is 1. The summed E-state index contributed by atoms with van der Waals surface area (Å²) in [6, 6.07) is 3.58. The number of aliphatic hydroxyl groups excluding tert-OH is 1. The quantitative estimate of drug-likeness (QED) is 0.820. The molecule has 1 aromatic rings. The average Bonchev–Trinajstić information content (AvgIpc) is 2.83. The molecule has 1 N–H and O–H groups in total. The second kappa shape index (κ2) is 8.51. The highest BCUT2D eigenvalue weighted by atomic mass is 32.1. The molecule has 0 amide bonds. The molecule has 1 aliphatic rings. The number of ether oxygens (including phenoxy) is 1. The molecule has 5 heteroatoms. The first-order chi connectivity index (χ1) is 10.2. The number of carbonyl (C=O) groups is 1. The molecule has 0 spiro atoms. The number of carbonyl (C=O) groups excluding carboxylic acids is 1. The molecule has 0 radical (unpaired) electrons. The number of nitrogens with zero attached hydrogens (tertiary/aromatic N) is 1. The standard InChI is InChI=1S/C16H25NO3S/c1-2-20-16(19)15-8-7-14(21-15)13(18)9-12-17-10-5-3-4-6-11-17/h7-8,13,18H,2-6,9-12H2,1H3. The molecular weight excluding hydrogens is 286 g/mol. The monoisotopic (exact) mass is 311 g/mol. The SMILES string of the molecule is CCOC(=O)c1ccc(C(O)CCN2CCCCCC2)s1. The third-order valence-electron chi connectivity index (χ3n) is 3.85. The maximum absolute atomic E-state index is 11.6. The van der Waals surface area contributed by atoms with E-state index in [1.165, 1.54) is 37.0 Å². The predicted molar refractivity (Wildman–Crippen MR) is 84.8 cm³/mol. The Morgan fingerprint density at radius 1 is 1.33 bits per heavy atom. The minimum Gasteiger partial charge on any atom is -0.462 e. The molecule has 0 aliphatic carbocycles. The van der Waals surface area contributed by atoms with Crippen LogP contribution >= 0.6 is 11.3 Å². The summed E-state index contributed by atoms with van der Waals surface area (Å²) in [6.45, 7) is 5.39. The number of likely N-dealkylation sites (tertiary alicyclic amines) is 1. The molecule has 0 bridgehead atoms. The van der Waals surface area contributed by atoms with Crippen LogP contribution in [-0.4, -0.2) is 42.2 Å². The third-order valence-corrected chi connectivity index (χ3v) is 5.02. The first-order valence-electron chi connectivity index (χ1n) is 7.88. The lowest BCUT2D eigenvalue weighted by molar-refractivity contribution is 0.0532. The third kappa shape index (κ3) is 5.09. The molecule has 1 aliphatic heterocycles. The first kappa shape index (κ1) is 16.5. The zero-order valence-electron chi connectivity index (χ0n) is 12.7. The van der Waals surface area contributed by atoms with Gasteiger partial charge in [-0.25, -0.2) is 4.79 Å². The Morgan fingerprint density at radius 3 is 2.71 bits per heavy atom. The number of rotatable bonds is 6. The maximum atomic E-state index is 11.6. The van der Waals surface area contributed by atoms with Crippen LogP contribution in [-0.2, 0) is 4.74 Å². The van der Waals surface area contributed by atoms with Crippen molar-refractivity contribution in [3.63, 3.8) is 0 Å². The van der Waals surface area contributed by atoms with Gasteiger partial charge in [-0.05, 0) is 51.4 Å². The fraction of sp³-hybridized carbons (Fsp3) is 0.688. The van der Waals surface area contributed by atoms with Gasteiger partial charge >= 0.3 is 5.97 Å². The van der Waals surface area contributed by atoms with Crippen molar-refractivity contribution in [3.8, 4) is 0 Å². The molecule has 2 heterocycles. The molecule has 2 rings (SSSR count). The van der Waals surface area contributed by atoms with Crippen molar-refractivity contribution < 1.29 is 14.6 Å². The number of hydrogen-bond donors (Lipinski definition) is 1. The van der Waals surface area contributed by atoms with Crippen molar-refractivity contribution in [2.45, 2.75) is 45.1 Å². The van der Waals surface area contributed by atoms with Gasteiger partial charge in [-0.2, -0.15) is 0 Å². The summed E-state index contributed by atoms with van der Waals surface area (Å²) < 4.78 is 4.97. The van der Waals surface area contributed by atoms with Gasteiger partial charge in [0.05, 0.1) is 12.7 Å². The van der Waals surface area contributed by atoms with Crippen molar-refractivity contribution in [2.24, 2.45) is 0 Å². The summed E-state index contributed by atoms with van der Waals surface area (Å²) in [4.78, 5) is 15.5. The van der Waals surface area contributed by atoms with E-state index in [2.05, 4.69) is 4.90 Å². The van der Waals surface area contributed by atoms with Crippen LogP contribution in [0.25, 0.3) is 0 Å². The zero-order valence-corrected chi connectivity index (χ0v) is 13.5. The van der Waals surface area contributed by atoms with Gasteiger partial charge in [0.1, 0.15) is 4.88 Å². The summed E-state index contributed by atoms with van der Waals surface area (Å²) in [5.41, 5.74) is 0. The molecule has 0 aromatic carbocycles. The minimum atomic E-state index is -0.485. The highest BCUT2D eigenvalue weighted by Crippen LogP contribution is 2.26. The van der Waals surface area contributed by atoms with Gasteiger partial charge in [-0.1, -0.05) is 12.8 Å². The van der Waals surface area contributed by atoms with E-state index in [0.29, 0.717) is 11.5 Å². The Morgan fingerprint density at radius 2 is 2.05 bits per heavy atom. The van der Waals surface area contributed by atoms with Crippen LogP contribution in [0.2, 0.25) is 0 Å². The summed E-state index contributed by atoms with van der Waals surface area (Å²) >= 11 is 1.34. The van der Waals surface area contributed by atoms with Gasteiger partial charge in [-0.3, -0.25) is 0 Å². The molecule has 4 nitrogen and oxygen atoms in total. The average molecular weight is 311 g/mol. The van der Waals surface area contributed by atoms with Crippen molar-refractivity contribution in [1.82, 2.24) is 4.90 Å². The van der Waals surface area contributed by atoms with Gasteiger partial charge in [-0.15, -0.1) is 11.3 Å². The Balaban J connectivity index is 1.82. The molecule has 21 heavy (non-hydrogen) atoms. The van der Waals surface area contributed by atoms with Crippen molar-refractivity contribution in [1.29, 1.82) is 0 Å². The van der Waals surface area contributed by atoms with Crippen LogP contribution in [0.3, 0.4) is 0 Å². The van der Waals surface area contributed by atoms with Gasteiger partial charge < -0.3 is 14.7 Å². The summed E-state index contributed by atoms with van der Waals surface area (Å²) in [6.07, 6.45) is 5.42. The maximum Gasteiger partial charge on any atom is 0.348 e. The topological polar surface area (TPSA) is 49.8 Å². The summed E-state index contributed by atoms with van der Waals surface area (Å²) in [5.74, 6) is -0.298. The fourth-order valence-electron chi connectivity index (χ4n) is 2.65. The van der Waals surface area contributed by atoms with Gasteiger partial charge in [0.15, 0.2) is 0 Å². The van der Waals surface area contributed by atoms with Crippen LogP contribution in [0, 0.1) is 0 Å². The highest BCUT2D eigenvalue weighted by Gasteiger charge is 2.17. The lowest BCUT2D eigenvalue weighted by atomic mass is 10.2. The number of hydrogen-bond acceptors (Lipinski definition) is 5. The van der Waals surface area contributed by atoms with Crippen LogP contribution in [0.5, 0.6) is 0 Å². The molecule has 1 fully saturated rings. The number of esters is 1. The molecule has 1 unspecified atom stereocenters. The lowest BCUT2D eigenvalue weighted by Gasteiger charge is -2.21. The van der Waals surface area contributed by atoms with E-state index in [9.17, 15) is 9.90 Å². The molecule has 1 aromatic heterocycles. The highest BCUT2D eigenvalue weighted by molar-refractivity contribution is 7.14. The Hall–Kier alpha value is -0.910. The van der Waals surface area contributed by atoms with Gasteiger partial charge in [0.25, 0.3) is 0 Å². The van der Waals surface area contributed by atoms with Crippen LogP contribution in [0.15, 0.2) is 12.1 Å². The van der Waals surface area contributed by atoms with Crippen molar-refractivity contribution in [2.75, 3.05) is 26.2 Å². The summed E-state index contributed by atoms with van der Waals surface area (Å²) in [7, 11) is 0. The lowest BCUT2D eigenvalue weighted by Crippen LogP contribution is -2.26. The number of thiophene rings is 1. The Bertz CT molecular complexity index is 438. The van der Waals surface area contributed by atoms with Crippen molar-refractivity contribution >= 4 is 17.3 Å². The van der Waals surface area contributed by atoms with E-state index in [1.807, 2.05) is 6.07 Å². The minimum absolute atomic E-state index is 0.298. The second-order valence-corrected chi connectivity index (χ2v) is 6.60. The van der Waals surface area contributed by atoms with E-state index in [-0.39, 0.29) is 5.97 Å². The van der Waals surface area contributed by atoms with E-state index < -0.39 is 6.10 Å². The zero-order chi connectivity index (χ0) is 15.1.